The summed E-state index contributed by atoms with van der Waals surface area (Å²) in [6.45, 7) is 29.1. The summed E-state index contributed by atoms with van der Waals surface area (Å²) in [6.07, 6.45) is 4.80. The van der Waals surface area contributed by atoms with Gasteiger partial charge < -0.3 is 30.7 Å². The molecule has 5 aliphatic rings. The Kier molecular flexibility index (Phi) is 14.6. The molecule has 362 valence electrons. The third-order valence-corrected chi connectivity index (χ3v) is 14.1. The van der Waals surface area contributed by atoms with Gasteiger partial charge in [0.1, 0.15) is 13.2 Å². The van der Waals surface area contributed by atoms with Crippen LogP contribution in [0.15, 0.2) is 14.4 Å². The van der Waals surface area contributed by atoms with Crippen molar-refractivity contribution in [2.75, 3.05) is 52.5 Å². The number of nitrogens with zero attached hydrogens (tertiary/aromatic N) is 5. The van der Waals surface area contributed by atoms with Crippen molar-refractivity contribution in [3.63, 3.8) is 0 Å². The summed E-state index contributed by atoms with van der Waals surface area (Å²) in [6, 6.07) is -1.00. The molecule has 0 aromatic carbocycles. The number of nitrogens with one attached hydrogen (secondary N) is 4. The smallest absolute Gasteiger partial charge is 0.407 e. The Balaban J connectivity index is 1.33. The number of aromatic nitrogens is 3. The minimum Gasteiger partial charge on any atom is -0.448 e. The third-order valence-electron chi connectivity index (χ3n) is 14.1. The van der Waals surface area contributed by atoms with Crippen LogP contribution in [0.3, 0.4) is 0 Å². The molecule has 2 aliphatic heterocycles. The van der Waals surface area contributed by atoms with Crippen LogP contribution in [0.1, 0.15) is 134 Å². The second-order valence-corrected chi connectivity index (χ2v) is 24.4. The zero-order valence-electron chi connectivity index (χ0n) is 41.0. The molecule has 64 heavy (non-hydrogen) atoms. The Labute approximate surface area is 380 Å². The van der Waals surface area contributed by atoms with Gasteiger partial charge in [0.05, 0.1) is 0 Å². The van der Waals surface area contributed by atoms with Crippen molar-refractivity contribution in [2.45, 2.75) is 178 Å². The lowest BCUT2D eigenvalue weighted by atomic mass is 9.62. The van der Waals surface area contributed by atoms with Crippen molar-refractivity contribution in [2.24, 2.45) is 32.5 Å². The van der Waals surface area contributed by atoms with Crippen molar-refractivity contribution in [1.29, 1.82) is 0 Å². The van der Waals surface area contributed by atoms with E-state index in [1.54, 1.807) is 0 Å². The molecule has 0 bridgehead atoms. The average molecular weight is 900 g/mol. The van der Waals surface area contributed by atoms with Gasteiger partial charge >= 0.3 is 35.3 Å². The lowest BCUT2D eigenvalue weighted by molar-refractivity contribution is 0.0409. The summed E-state index contributed by atoms with van der Waals surface area (Å²) in [5.41, 5.74) is -4.48. The Morgan fingerprint density at radius 2 is 0.844 bits per heavy atom. The van der Waals surface area contributed by atoms with Crippen molar-refractivity contribution in [3.8, 4) is 0 Å². The van der Waals surface area contributed by atoms with Gasteiger partial charge in [0.15, 0.2) is 0 Å². The minimum atomic E-state index is -0.655. The quantitative estimate of drug-likeness (QED) is 0.169. The Morgan fingerprint density at radius 1 is 0.531 bits per heavy atom. The molecule has 6 unspecified atom stereocenters. The molecule has 0 radical (unpaired) electrons. The van der Waals surface area contributed by atoms with E-state index in [1.165, 1.54) is 13.7 Å². The fourth-order valence-corrected chi connectivity index (χ4v) is 12.8. The van der Waals surface area contributed by atoms with Crippen molar-refractivity contribution in [3.05, 3.63) is 31.5 Å². The topological polar surface area (TPSA) is 190 Å². The maximum atomic E-state index is 15.0. The van der Waals surface area contributed by atoms with Crippen LogP contribution in [-0.2, 0) is 29.1 Å². The van der Waals surface area contributed by atoms with E-state index >= 15 is 0 Å². The van der Waals surface area contributed by atoms with Crippen LogP contribution in [0.2, 0.25) is 0 Å². The molecule has 3 saturated carbocycles. The monoisotopic (exact) mass is 900 g/mol. The molecular formula is C47H81N9O8. The molecule has 4 N–H and O–H groups in total. The van der Waals surface area contributed by atoms with Crippen molar-refractivity contribution < 1.29 is 23.9 Å². The first-order valence-corrected chi connectivity index (χ1v) is 24.0. The number of amides is 4. The molecule has 3 aliphatic carbocycles. The summed E-state index contributed by atoms with van der Waals surface area (Å²) in [7, 11) is 0. The fraction of sp³-hybridized carbons (Fsp3) is 0.872. The van der Waals surface area contributed by atoms with Crippen LogP contribution in [0.25, 0.3) is 0 Å². The van der Waals surface area contributed by atoms with E-state index in [9.17, 15) is 28.8 Å². The highest BCUT2D eigenvalue weighted by Crippen LogP contribution is 2.49. The summed E-state index contributed by atoms with van der Waals surface area (Å²) >= 11 is 0. The highest BCUT2D eigenvalue weighted by atomic mass is 16.6. The zero-order valence-corrected chi connectivity index (χ0v) is 41.0. The van der Waals surface area contributed by atoms with Crippen LogP contribution >= 0.6 is 0 Å². The van der Waals surface area contributed by atoms with E-state index < -0.39 is 45.5 Å². The van der Waals surface area contributed by atoms with E-state index in [2.05, 4.69) is 93.4 Å². The maximum Gasteiger partial charge on any atom is 0.407 e. The summed E-state index contributed by atoms with van der Waals surface area (Å²) in [5.74, 6) is 0. The number of carbonyl (C=O) groups is 3. The molecule has 5 fully saturated rings. The van der Waals surface area contributed by atoms with Crippen LogP contribution < -0.4 is 38.3 Å². The predicted molar refractivity (Wildman–Crippen MR) is 246 cm³/mol. The van der Waals surface area contributed by atoms with Crippen LogP contribution in [-0.4, -0.2) is 118 Å². The van der Waals surface area contributed by atoms with Gasteiger partial charge in [0.2, 0.25) is 0 Å². The molecule has 4 amide bonds. The fourth-order valence-electron chi connectivity index (χ4n) is 12.8. The average Bonchev–Trinajstić information content (AvgIpc) is 4.05. The number of ether oxygens (including phenoxy) is 2. The van der Waals surface area contributed by atoms with E-state index in [0.717, 1.165) is 32.6 Å². The molecule has 0 spiro atoms. The predicted octanol–water partition coefficient (Wildman–Crippen LogP) is 4.72. The summed E-state index contributed by atoms with van der Waals surface area (Å²) in [5, 5.41) is 12.3. The standard InChI is InChI=1S/C47H81N9O8/c1-32(2)48-36(57)49-33-20-42(3,4)26-45(9,23-33)29-54-39(60)55(30-46(10)24-34(21-43(5,6)27-46)50-37(58)63-18-16-52-12-13-52)41(62)56(40(54)61)31-47(11)25-35(22-44(7,8)28-47)51-38(59)64-19-17-53-14-15-53/h32-35H,12-31H2,1-11H3,(H,50,58)(H,51,59)(H2,48,49,57). The maximum absolute atomic E-state index is 15.0. The zero-order chi connectivity index (χ0) is 47.0. The minimum absolute atomic E-state index is 0.0420. The first kappa shape index (κ1) is 49.6. The van der Waals surface area contributed by atoms with Gasteiger partial charge in [-0.25, -0.2) is 42.5 Å². The number of hydrogen-bond acceptors (Lipinski definition) is 10. The lowest BCUT2D eigenvalue weighted by Crippen LogP contribution is -2.60. The third kappa shape index (κ3) is 13.8. The van der Waals surface area contributed by atoms with Gasteiger partial charge in [-0.2, -0.15) is 0 Å². The molecular weight excluding hydrogens is 819 g/mol. The first-order chi connectivity index (χ1) is 29.6. The van der Waals surface area contributed by atoms with Gasteiger partial charge in [-0.05, 0) is 104 Å². The van der Waals surface area contributed by atoms with Crippen LogP contribution in [0.4, 0.5) is 14.4 Å². The van der Waals surface area contributed by atoms with E-state index in [4.69, 9.17) is 9.47 Å². The second-order valence-electron chi connectivity index (χ2n) is 24.4. The molecule has 3 heterocycles. The number of urea groups is 1. The summed E-state index contributed by atoms with van der Waals surface area (Å²) in [4.78, 5) is 88.3. The van der Waals surface area contributed by atoms with Gasteiger partial charge in [-0.1, -0.05) is 62.3 Å². The van der Waals surface area contributed by atoms with Gasteiger partial charge in [-0.15, -0.1) is 0 Å². The van der Waals surface area contributed by atoms with E-state index in [0.29, 0.717) is 77.7 Å². The largest absolute Gasteiger partial charge is 0.448 e. The van der Waals surface area contributed by atoms with Crippen LogP contribution in [0, 0.1) is 32.5 Å². The molecule has 6 rings (SSSR count). The normalized spacial score (nSPS) is 30.8. The summed E-state index contributed by atoms with van der Waals surface area (Å²) < 4.78 is 14.9. The number of carbonyl (C=O) groups excluding carboxylic acids is 3. The molecule has 17 nitrogen and oxygen atoms in total. The molecule has 2 saturated heterocycles. The number of rotatable bonds is 16. The molecule has 6 atom stereocenters. The SMILES string of the molecule is CC(C)NC(=O)NC1CC(C)(C)CC(C)(Cn2c(=O)n(CC3(C)CC(NC(=O)OCCN4CC4)CC(C)(C)C3)c(=O)n(CC3(C)CC(NC(=O)OCCN4CC4)CC(C)(C)C3)c2=O)C1. The van der Waals surface area contributed by atoms with Crippen molar-refractivity contribution >= 4 is 18.2 Å². The first-order valence-electron chi connectivity index (χ1n) is 24.0. The number of alkyl carbamates (subject to hydrolysis) is 2. The van der Waals surface area contributed by atoms with Gasteiger partial charge in [-0.3, -0.25) is 9.80 Å². The molecule has 17 heteroatoms. The lowest BCUT2D eigenvalue weighted by Gasteiger charge is -2.48. The van der Waals surface area contributed by atoms with Gasteiger partial charge in [0, 0.05) is 83.1 Å². The van der Waals surface area contributed by atoms with E-state index in [1.807, 2.05) is 13.8 Å². The Morgan fingerprint density at radius 3 is 1.14 bits per heavy atom. The second kappa shape index (κ2) is 18.8. The van der Waals surface area contributed by atoms with Gasteiger partial charge in [0.25, 0.3) is 0 Å². The van der Waals surface area contributed by atoms with E-state index in [-0.39, 0.29) is 66.1 Å². The van der Waals surface area contributed by atoms with Crippen LogP contribution in [0.5, 0.6) is 0 Å². The Bertz CT molecular complexity index is 1940. The number of hydrogen-bond donors (Lipinski definition) is 4. The molecule has 1 aromatic heterocycles. The van der Waals surface area contributed by atoms with Crippen molar-refractivity contribution in [1.82, 2.24) is 44.8 Å². The Hall–Kier alpha value is -3.86. The highest BCUT2D eigenvalue weighted by molar-refractivity contribution is 5.74. The highest BCUT2D eigenvalue weighted by Gasteiger charge is 2.47. The molecule has 1 aromatic rings.